The first-order valence-electron chi connectivity index (χ1n) is 9.31. The van der Waals surface area contributed by atoms with Crippen LogP contribution < -0.4 is 20.1 Å². The summed E-state index contributed by atoms with van der Waals surface area (Å²) in [5.74, 6) is -0.0157. The maximum Gasteiger partial charge on any atom is 0.338 e. The highest BCUT2D eigenvalue weighted by Gasteiger charge is 2.14. The summed E-state index contributed by atoms with van der Waals surface area (Å²) < 4.78 is 15.9. The fourth-order valence-corrected chi connectivity index (χ4v) is 2.67. The third kappa shape index (κ3) is 5.71. The van der Waals surface area contributed by atoms with E-state index in [1.165, 1.54) is 12.1 Å². The highest BCUT2D eigenvalue weighted by Crippen LogP contribution is 2.32. The van der Waals surface area contributed by atoms with Crippen LogP contribution in [0, 0.1) is 0 Å². The fraction of sp³-hybridized carbons (Fsp3) is 0.286. The number of benzene rings is 2. The predicted octanol–water partition coefficient (Wildman–Crippen LogP) is 2.99. The Bertz CT molecular complexity index is 895. The second-order valence-corrected chi connectivity index (χ2v) is 6.36. The van der Waals surface area contributed by atoms with Gasteiger partial charge in [-0.05, 0) is 42.8 Å². The summed E-state index contributed by atoms with van der Waals surface area (Å²) in [6, 6.07) is 11.3. The molecule has 0 bridgehead atoms. The van der Waals surface area contributed by atoms with Gasteiger partial charge in [-0.25, -0.2) is 4.79 Å². The minimum absolute atomic E-state index is 0.0846. The van der Waals surface area contributed by atoms with E-state index in [-0.39, 0.29) is 11.5 Å². The van der Waals surface area contributed by atoms with Crippen LogP contribution in [-0.4, -0.2) is 37.6 Å². The van der Waals surface area contributed by atoms with E-state index in [4.69, 9.17) is 14.2 Å². The van der Waals surface area contributed by atoms with E-state index in [1.54, 1.807) is 30.3 Å². The topological polar surface area (TPSA) is 103 Å². The van der Waals surface area contributed by atoms with Crippen molar-refractivity contribution in [1.29, 1.82) is 0 Å². The smallest absolute Gasteiger partial charge is 0.338 e. The molecule has 0 saturated carbocycles. The molecule has 0 saturated heterocycles. The molecule has 0 unspecified atom stereocenters. The number of hydrogen-bond acceptors (Lipinski definition) is 6. The number of amides is 2. The summed E-state index contributed by atoms with van der Waals surface area (Å²) in [5, 5.41) is 5.38. The van der Waals surface area contributed by atoms with Crippen LogP contribution in [0.1, 0.15) is 30.1 Å². The average molecular weight is 398 g/mol. The summed E-state index contributed by atoms with van der Waals surface area (Å²) in [4.78, 5) is 35.7. The Balaban J connectivity index is 1.48. The van der Waals surface area contributed by atoms with Crippen molar-refractivity contribution in [2.75, 3.05) is 30.5 Å². The zero-order valence-electron chi connectivity index (χ0n) is 16.0. The van der Waals surface area contributed by atoms with Crippen LogP contribution in [0.2, 0.25) is 0 Å². The van der Waals surface area contributed by atoms with Crippen molar-refractivity contribution in [3.8, 4) is 11.5 Å². The summed E-state index contributed by atoms with van der Waals surface area (Å²) in [6.07, 6.45) is 1.19. The number of nitrogens with one attached hydrogen (secondary N) is 2. The van der Waals surface area contributed by atoms with E-state index < -0.39 is 18.5 Å². The fourth-order valence-electron chi connectivity index (χ4n) is 2.67. The quantitative estimate of drug-likeness (QED) is 0.695. The summed E-state index contributed by atoms with van der Waals surface area (Å²) in [6.45, 7) is 2.43. The lowest BCUT2D eigenvalue weighted by Crippen LogP contribution is -2.21. The van der Waals surface area contributed by atoms with E-state index >= 15 is 0 Å². The van der Waals surface area contributed by atoms with E-state index in [1.807, 2.05) is 6.92 Å². The second-order valence-electron chi connectivity index (χ2n) is 6.36. The monoisotopic (exact) mass is 398 g/mol. The van der Waals surface area contributed by atoms with Crippen LogP contribution in [0.5, 0.6) is 11.5 Å². The lowest BCUT2D eigenvalue weighted by atomic mass is 10.2. The molecular formula is C21H22N2O6. The van der Waals surface area contributed by atoms with Gasteiger partial charge in [-0.3, -0.25) is 9.59 Å². The number of esters is 1. The predicted molar refractivity (Wildman–Crippen MR) is 106 cm³/mol. The first-order chi connectivity index (χ1) is 14.0. The molecule has 8 heteroatoms. The molecule has 0 spiro atoms. The van der Waals surface area contributed by atoms with Gasteiger partial charge in [0.15, 0.2) is 18.1 Å². The minimum atomic E-state index is -0.631. The second kappa shape index (κ2) is 9.59. The van der Waals surface area contributed by atoms with Gasteiger partial charge >= 0.3 is 5.97 Å². The maximum atomic E-state index is 12.1. The molecule has 152 valence electrons. The third-order valence-corrected chi connectivity index (χ3v) is 4.04. The van der Waals surface area contributed by atoms with Crippen molar-refractivity contribution in [3.05, 3.63) is 48.0 Å². The van der Waals surface area contributed by atoms with Crippen LogP contribution in [0.25, 0.3) is 0 Å². The van der Waals surface area contributed by atoms with Gasteiger partial charge in [-0.15, -0.1) is 0 Å². The largest absolute Gasteiger partial charge is 0.486 e. The number of fused-ring (bicyclic) bond motifs is 1. The molecule has 1 heterocycles. The molecule has 0 aromatic heterocycles. The standard InChI is InChI=1S/C21H22N2O6/c1-2-3-19(24)22-15-6-4-14(5-7-15)21(26)29-13-20(25)23-16-8-9-17-18(12-16)28-11-10-27-17/h4-9,12H,2-3,10-11,13H2,1H3,(H,22,24)(H,23,25). The first-order valence-corrected chi connectivity index (χ1v) is 9.31. The zero-order valence-corrected chi connectivity index (χ0v) is 16.0. The first kappa shape index (κ1) is 20.2. The molecule has 29 heavy (non-hydrogen) atoms. The number of ether oxygens (including phenoxy) is 3. The van der Waals surface area contributed by atoms with Crippen molar-refractivity contribution in [3.63, 3.8) is 0 Å². The summed E-state index contributed by atoms with van der Waals surface area (Å²) in [5.41, 5.74) is 1.39. The highest BCUT2D eigenvalue weighted by atomic mass is 16.6. The lowest BCUT2D eigenvalue weighted by molar-refractivity contribution is -0.119. The molecule has 8 nitrogen and oxygen atoms in total. The number of carbonyl (C=O) groups excluding carboxylic acids is 3. The Morgan fingerprint density at radius 2 is 1.55 bits per heavy atom. The van der Waals surface area contributed by atoms with E-state index in [2.05, 4.69) is 10.6 Å². The van der Waals surface area contributed by atoms with Gasteiger partial charge in [0.1, 0.15) is 13.2 Å². The van der Waals surface area contributed by atoms with Gasteiger partial charge in [-0.1, -0.05) is 6.92 Å². The molecule has 0 atom stereocenters. The highest BCUT2D eigenvalue weighted by molar-refractivity contribution is 5.96. The Kier molecular flexibility index (Phi) is 6.67. The van der Waals surface area contributed by atoms with Crippen molar-refractivity contribution < 1.29 is 28.6 Å². The molecule has 1 aliphatic heterocycles. The Hall–Kier alpha value is -3.55. The van der Waals surface area contributed by atoms with Crippen molar-refractivity contribution >= 4 is 29.2 Å². The Morgan fingerprint density at radius 1 is 0.897 bits per heavy atom. The minimum Gasteiger partial charge on any atom is -0.486 e. The van der Waals surface area contributed by atoms with Gasteiger partial charge in [-0.2, -0.15) is 0 Å². The molecule has 2 N–H and O–H groups in total. The van der Waals surface area contributed by atoms with Crippen LogP contribution in [-0.2, 0) is 14.3 Å². The molecule has 2 aromatic rings. The number of anilines is 2. The van der Waals surface area contributed by atoms with Crippen LogP contribution in [0.4, 0.5) is 11.4 Å². The molecule has 2 aromatic carbocycles. The van der Waals surface area contributed by atoms with E-state index in [9.17, 15) is 14.4 Å². The van der Waals surface area contributed by atoms with Crippen LogP contribution in [0.3, 0.4) is 0 Å². The molecule has 1 aliphatic rings. The number of carbonyl (C=O) groups is 3. The van der Waals surface area contributed by atoms with Gasteiger partial charge in [0, 0.05) is 23.9 Å². The zero-order chi connectivity index (χ0) is 20.6. The Morgan fingerprint density at radius 3 is 2.28 bits per heavy atom. The lowest BCUT2D eigenvalue weighted by Gasteiger charge is -2.19. The molecule has 3 rings (SSSR count). The summed E-state index contributed by atoms with van der Waals surface area (Å²) >= 11 is 0. The molecule has 2 amide bonds. The maximum absolute atomic E-state index is 12.1. The van der Waals surface area contributed by atoms with Crippen molar-refractivity contribution in [1.82, 2.24) is 0 Å². The third-order valence-electron chi connectivity index (χ3n) is 4.04. The number of rotatable bonds is 7. The normalized spacial score (nSPS) is 12.0. The van der Waals surface area contributed by atoms with Gasteiger partial charge in [0.05, 0.1) is 5.56 Å². The summed E-state index contributed by atoms with van der Waals surface area (Å²) in [7, 11) is 0. The van der Waals surface area contributed by atoms with Gasteiger partial charge in [0.25, 0.3) is 5.91 Å². The molecular weight excluding hydrogens is 376 g/mol. The van der Waals surface area contributed by atoms with Gasteiger partial charge in [0.2, 0.25) is 5.91 Å². The van der Waals surface area contributed by atoms with Gasteiger partial charge < -0.3 is 24.8 Å². The average Bonchev–Trinajstić information content (AvgIpc) is 2.72. The Labute approximate surface area is 168 Å². The van der Waals surface area contributed by atoms with Crippen molar-refractivity contribution in [2.45, 2.75) is 19.8 Å². The van der Waals surface area contributed by atoms with E-state index in [0.29, 0.717) is 42.5 Å². The molecule has 0 fully saturated rings. The van der Waals surface area contributed by atoms with E-state index in [0.717, 1.165) is 6.42 Å². The van der Waals surface area contributed by atoms with Crippen LogP contribution >= 0.6 is 0 Å². The molecule has 0 radical (unpaired) electrons. The SMILES string of the molecule is CCCC(=O)Nc1ccc(C(=O)OCC(=O)Nc2ccc3c(c2)OCCO3)cc1. The van der Waals surface area contributed by atoms with Crippen LogP contribution in [0.15, 0.2) is 42.5 Å². The molecule has 0 aliphatic carbocycles. The van der Waals surface area contributed by atoms with Crippen molar-refractivity contribution in [2.24, 2.45) is 0 Å². The number of hydrogen-bond donors (Lipinski definition) is 2.